The van der Waals surface area contributed by atoms with Gasteiger partial charge in [-0.25, -0.2) is 8.42 Å². The number of carbonyl (C=O) groups is 2. The molecule has 2 saturated heterocycles. The Labute approximate surface area is 156 Å². The van der Waals surface area contributed by atoms with Crippen LogP contribution >= 0.6 is 0 Å². The molecule has 3 atom stereocenters. The highest BCUT2D eigenvalue weighted by Gasteiger charge is 2.44. The molecule has 150 valence electrons. The first kappa shape index (κ1) is 21.2. The molecule has 0 aromatic carbocycles. The van der Waals surface area contributed by atoms with Gasteiger partial charge in [0.05, 0.1) is 29.6 Å². The minimum Gasteiger partial charge on any atom is -0.376 e. The number of rotatable bonds is 8. The van der Waals surface area contributed by atoms with Gasteiger partial charge in [-0.3, -0.25) is 9.59 Å². The van der Waals surface area contributed by atoms with Crippen molar-refractivity contribution < 1.29 is 22.7 Å². The van der Waals surface area contributed by atoms with Gasteiger partial charge in [0.1, 0.15) is 0 Å². The van der Waals surface area contributed by atoms with E-state index in [4.69, 9.17) is 4.74 Å². The van der Waals surface area contributed by atoms with Gasteiger partial charge in [0.2, 0.25) is 11.8 Å². The number of ether oxygens (including phenoxy) is 1. The predicted octanol–water partition coefficient (Wildman–Crippen LogP) is 1.12. The third-order valence-corrected chi connectivity index (χ3v) is 6.73. The topological polar surface area (TPSA) is 92.8 Å². The van der Waals surface area contributed by atoms with Crippen molar-refractivity contribution in [2.45, 2.75) is 64.5 Å². The fourth-order valence-electron chi connectivity index (χ4n) is 3.73. The molecule has 2 heterocycles. The summed E-state index contributed by atoms with van der Waals surface area (Å²) in [6, 6.07) is -0.627. The number of sulfone groups is 1. The van der Waals surface area contributed by atoms with E-state index >= 15 is 0 Å². The normalized spacial score (nSPS) is 27.8. The van der Waals surface area contributed by atoms with E-state index < -0.39 is 21.8 Å². The van der Waals surface area contributed by atoms with Crippen molar-refractivity contribution in [3.8, 4) is 0 Å². The minimum atomic E-state index is -3.33. The molecule has 8 heteroatoms. The molecule has 2 fully saturated rings. The molecule has 0 spiro atoms. The van der Waals surface area contributed by atoms with Gasteiger partial charge in [-0.15, -0.1) is 0 Å². The van der Waals surface area contributed by atoms with Crippen molar-refractivity contribution in [2.75, 3.05) is 31.2 Å². The number of nitrogens with one attached hydrogen (secondary N) is 1. The lowest BCUT2D eigenvalue weighted by atomic mass is 10.0. The molecule has 0 aromatic heterocycles. The molecule has 0 bridgehead atoms. The van der Waals surface area contributed by atoms with Gasteiger partial charge in [-0.05, 0) is 32.1 Å². The summed E-state index contributed by atoms with van der Waals surface area (Å²) in [5, 5.41) is 2.77. The second-order valence-electron chi connectivity index (χ2n) is 7.38. The highest BCUT2D eigenvalue weighted by Crippen LogP contribution is 2.23. The average Bonchev–Trinajstić information content (AvgIpc) is 2.89. The predicted molar refractivity (Wildman–Crippen MR) is 99.4 cm³/mol. The highest BCUT2D eigenvalue weighted by atomic mass is 32.2. The largest absolute Gasteiger partial charge is 0.376 e. The van der Waals surface area contributed by atoms with Crippen molar-refractivity contribution in [1.29, 1.82) is 0 Å². The second-order valence-corrected chi connectivity index (χ2v) is 9.53. The van der Waals surface area contributed by atoms with Crippen LogP contribution in [0.1, 0.15) is 52.4 Å². The summed E-state index contributed by atoms with van der Waals surface area (Å²) in [5.41, 5.74) is 0. The van der Waals surface area contributed by atoms with Crippen molar-refractivity contribution in [3.63, 3.8) is 0 Å². The van der Waals surface area contributed by atoms with Crippen LogP contribution in [-0.4, -0.2) is 68.5 Å². The molecule has 0 aliphatic carbocycles. The molecule has 2 aliphatic rings. The number of amides is 2. The maximum Gasteiger partial charge on any atom is 0.228 e. The van der Waals surface area contributed by atoms with E-state index in [0.29, 0.717) is 32.5 Å². The van der Waals surface area contributed by atoms with Gasteiger partial charge in [0.15, 0.2) is 9.84 Å². The maximum absolute atomic E-state index is 13.1. The molecule has 0 aromatic rings. The lowest BCUT2D eigenvalue weighted by Gasteiger charge is -2.32. The zero-order chi connectivity index (χ0) is 19.2. The van der Waals surface area contributed by atoms with Crippen LogP contribution in [0.3, 0.4) is 0 Å². The summed E-state index contributed by atoms with van der Waals surface area (Å²) >= 11 is 0. The van der Waals surface area contributed by atoms with E-state index in [1.54, 1.807) is 4.90 Å². The summed E-state index contributed by atoms with van der Waals surface area (Å²) in [5.74, 6) is -1.40. The molecule has 0 saturated carbocycles. The Kier molecular flexibility index (Phi) is 7.88. The maximum atomic E-state index is 13.1. The lowest BCUT2D eigenvalue weighted by molar-refractivity contribution is -0.138. The van der Waals surface area contributed by atoms with Crippen molar-refractivity contribution in [3.05, 3.63) is 0 Å². The zero-order valence-corrected chi connectivity index (χ0v) is 16.7. The fraction of sp³-hybridized carbons (Fsp3) is 0.889. The van der Waals surface area contributed by atoms with E-state index in [1.165, 1.54) is 0 Å². The third kappa shape index (κ3) is 5.94. The quantitative estimate of drug-likeness (QED) is 0.673. The standard InChI is InChI=1S/C18H32N2O5S/c1-3-7-17(21)19-16-13-26(23,24)12-15(16)18(22)20(9-4-2)11-14-8-5-6-10-25-14/h14-16H,3-13H2,1-2H3,(H,19,21)/t14?,15-,16-/m1/s1. The highest BCUT2D eigenvalue weighted by molar-refractivity contribution is 7.91. The summed E-state index contributed by atoms with van der Waals surface area (Å²) in [6.07, 6.45) is 4.90. The van der Waals surface area contributed by atoms with Crippen LogP contribution in [-0.2, 0) is 24.2 Å². The van der Waals surface area contributed by atoms with E-state index in [0.717, 1.165) is 25.7 Å². The first-order chi connectivity index (χ1) is 12.4. The first-order valence-corrected chi connectivity index (χ1v) is 11.6. The molecule has 26 heavy (non-hydrogen) atoms. The number of hydrogen-bond donors (Lipinski definition) is 1. The van der Waals surface area contributed by atoms with Crippen LogP contribution in [0.4, 0.5) is 0 Å². The minimum absolute atomic E-state index is 0.0189. The summed E-state index contributed by atoms with van der Waals surface area (Å²) in [7, 11) is -3.33. The van der Waals surface area contributed by atoms with Gasteiger partial charge < -0.3 is 15.0 Å². The van der Waals surface area contributed by atoms with Gasteiger partial charge in [0.25, 0.3) is 0 Å². The SMILES string of the molecule is CCCC(=O)N[C@@H]1CS(=O)(=O)C[C@H]1C(=O)N(CCC)CC1CCCCO1. The van der Waals surface area contributed by atoms with E-state index in [-0.39, 0.29) is 29.4 Å². The smallest absolute Gasteiger partial charge is 0.228 e. The number of hydrogen-bond acceptors (Lipinski definition) is 5. The van der Waals surface area contributed by atoms with E-state index in [9.17, 15) is 18.0 Å². The monoisotopic (exact) mass is 388 g/mol. The van der Waals surface area contributed by atoms with E-state index in [1.807, 2.05) is 13.8 Å². The Bertz CT molecular complexity index is 586. The Morgan fingerprint density at radius 2 is 1.92 bits per heavy atom. The summed E-state index contributed by atoms with van der Waals surface area (Å²) in [4.78, 5) is 26.8. The molecule has 2 aliphatic heterocycles. The Hall–Kier alpha value is -1.15. The van der Waals surface area contributed by atoms with Gasteiger partial charge in [-0.1, -0.05) is 13.8 Å². The lowest BCUT2D eigenvalue weighted by Crippen LogP contribution is -2.49. The fourth-order valence-corrected chi connectivity index (χ4v) is 5.65. The summed E-state index contributed by atoms with van der Waals surface area (Å²) < 4.78 is 30.0. The van der Waals surface area contributed by atoms with Crippen molar-refractivity contribution >= 4 is 21.7 Å². The van der Waals surface area contributed by atoms with Crippen molar-refractivity contribution in [1.82, 2.24) is 10.2 Å². The Balaban J connectivity index is 2.08. The summed E-state index contributed by atoms with van der Waals surface area (Å²) in [6.45, 7) is 5.67. The Morgan fingerprint density at radius 3 is 2.54 bits per heavy atom. The average molecular weight is 389 g/mol. The molecule has 0 radical (unpaired) electrons. The van der Waals surface area contributed by atoms with Gasteiger partial charge >= 0.3 is 0 Å². The van der Waals surface area contributed by atoms with Gasteiger partial charge in [-0.2, -0.15) is 0 Å². The molecule has 2 rings (SSSR count). The molecule has 2 amide bonds. The van der Waals surface area contributed by atoms with Crippen LogP contribution in [0.5, 0.6) is 0 Å². The molecule has 1 unspecified atom stereocenters. The second kappa shape index (κ2) is 9.69. The van der Waals surface area contributed by atoms with Gasteiger partial charge in [0, 0.05) is 26.1 Å². The van der Waals surface area contributed by atoms with E-state index in [2.05, 4.69) is 5.32 Å². The third-order valence-electron chi connectivity index (χ3n) is 5.00. The Morgan fingerprint density at radius 1 is 1.15 bits per heavy atom. The van der Waals surface area contributed by atoms with Crippen LogP contribution in [0, 0.1) is 5.92 Å². The first-order valence-electron chi connectivity index (χ1n) is 9.76. The number of carbonyl (C=O) groups excluding carboxylic acids is 2. The zero-order valence-electron chi connectivity index (χ0n) is 15.9. The molecule has 7 nitrogen and oxygen atoms in total. The van der Waals surface area contributed by atoms with Crippen LogP contribution in [0.25, 0.3) is 0 Å². The van der Waals surface area contributed by atoms with Crippen LogP contribution < -0.4 is 5.32 Å². The molecule has 1 N–H and O–H groups in total. The number of nitrogens with zero attached hydrogens (tertiary/aromatic N) is 1. The molecular formula is C18H32N2O5S. The van der Waals surface area contributed by atoms with Crippen molar-refractivity contribution in [2.24, 2.45) is 5.92 Å². The van der Waals surface area contributed by atoms with Crippen LogP contribution in [0.2, 0.25) is 0 Å². The molecular weight excluding hydrogens is 356 g/mol. The van der Waals surface area contributed by atoms with Crippen LogP contribution in [0.15, 0.2) is 0 Å².